The molecule has 0 aliphatic rings. The molecule has 0 aliphatic heterocycles. The van der Waals surface area contributed by atoms with Crippen LogP contribution in [0.15, 0.2) is 72.8 Å². The molecule has 2 nitrogen and oxygen atoms in total. The molecule has 4 rings (SSSR count). The van der Waals surface area contributed by atoms with Crippen molar-refractivity contribution in [2.75, 3.05) is 0 Å². The van der Waals surface area contributed by atoms with Crippen LogP contribution in [0.5, 0.6) is 0 Å². The van der Waals surface area contributed by atoms with Gasteiger partial charge in [-0.3, -0.25) is 0 Å². The monoisotopic (exact) mass is 392 g/mol. The molecule has 0 atom stereocenters. The summed E-state index contributed by atoms with van der Waals surface area (Å²) in [6, 6.07) is 24.1. The van der Waals surface area contributed by atoms with Gasteiger partial charge >= 0.3 is 0 Å². The Morgan fingerprint density at radius 3 is 2.04 bits per heavy atom. The first-order valence-corrected chi connectivity index (χ1v) is 9.47. The molecule has 0 fully saturated rings. The van der Waals surface area contributed by atoms with Gasteiger partial charge in [0.2, 0.25) is 0 Å². The Morgan fingerprint density at radius 1 is 0.741 bits per heavy atom. The van der Waals surface area contributed by atoms with Gasteiger partial charge in [-0.2, -0.15) is 5.10 Å². The average Bonchev–Trinajstić information content (AvgIpc) is 2.99. The van der Waals surface area contributed by atoms with E-state index in [4.69, 9.17) is 28.3 Å². The van der Waals surface area contributed by atoms with Gasteiger partial charge in [0.05, 0.1) is 16.4 Å². The first-order valence-electron chi connectivity index (χ1n) is 8.71. The second-order valence-corrected chi connectivity index (χ2v) is 7.46. The number of nitrogens with zero attached hydrogens (tertiary/aromatic N) is 2. The largest absolute Gasteiger partial charge is 0.231 e. The van der Waals surface area contributed by atoms with Crippen LogP contribution in [0, 0.1) is 13.8 Å². The Hall–Kier alpha value is -2.55. The zero-order valence-electron chi connectivity index (χ0n) is 15.1. The van der Waals surface area contributed by atoms with Gasteiger partial charge in [-0.1, -0.05) is 76.8 Å². The molecule has 0 aliphatic carbocycles. The van der Waals surface area contributed by atoms with Crippen molar-refractivity contribution in [3.8, 4) is 28.2 Å². The quantitative estimate of drug-likeness (QED) is 0.362. The summed E-state index contributed by atoms with van der Waals surface area (Å²) in [6.07, 6.45) is 0. The van der Waals surface area contributed by atoms with E-state index < -0.39 is 0 Å². The Balaban J connectivity index is 2.00. The molecule has 4 heteroatoms. The van der Waals surface area contributed by atoms with Crippen molar-refractivity contribution >= 4 is 23.2 Å². The van der Waals surface area contributed by atoms with E-state index in [2.05, 4.69) is 44.2 Å². The van der Waals surface area contributed by atoms with E-state index >= 15 is 0 Å². The minimum absolute atomic E-state index is 0.631. The van der Waals surface area contributed by atoms with Crippen molar-refractivity contribution in [1.29, 1.82) is 0 Å². The van der Waals surface area contributed by atoms with E-state index in [0.717, 1.165) is 33.8 Å². The van der Waals surface area contributed by atoms with Gasteiger partial charge < -0.3 is 0 Å². The summed E-state index contributed by atoms with van der Waals surface area (Å²) in [5.74, 6) is 0. The zero-order valence-corrected chi connectivity index (χ0v) is 16.6. The highest BCUT2D eigenvalue weighted by Crippen LogP contribution is 2.38. The van der Waals surface area contributed by atoms with Gasteiger partial charge in [-0.15, -0.1) is 0 Å². The number of halogens is 2. The fourth-order valence-corrected chi connectivity index (χ4v) is 3.73. The Morgan fingerprint density at radius 2 is 1.37 bits per heavy atom. The normalized spacial score (nSPS) is 11.0. The van der Waals surface area contributed by atoms with Crippen LogP contribution in [0.25, 0.3) is 28.2 Å². The molecule has 134 valence electrons. The molecule has 1 aromatic heterocycles. The molecule has 0 N–H and O–H groups in total. The second-order valence-electron chi connectivity index (χ2n) is 6.64. The Bertz CT molecular complexity index is 1130. The van der Waals surface area contributed by atoms with Crippen molar-refractivity contribution in [1.82, 2.24) is 9.78 Å². The van der Waals surface area contributed by atoms with Gasteiger partial charge in [0, 0.05) is 16.1 Å². The molecule has 0 saturated carbocycles. The molecule has 0 saturated heterocycles. The van der Waals surface area contributed by atoms with E-state index in [0.29, 0.717) is 10.0 Å². The highest BCUT2D eigenvalue weighted by Gasteiger charge is 2.20. The van der Waals surface area contributed by atoms with Gasteiger partial charge in [0.1, 0.15) is 5.69 Å². The minimum Gasteiger partial charge on any atom is -0.231 e. The molecule has 0 radical (unpaired) electrons. The molecule has 4 aromatic rings. The molecule has 1 heterocycles. The lowest BCUT2D eigenvalue weighted by Crippen LogP contribution is -1.99. The lowest BCUT2D eigenvalue weighted by atomic mass is 10.1. The summed E-state index contributed by atoms with van der Waals surface area (Å²) in [4.78, 5) is 0. The highest BCUT2D eigenvalue weighted by atomic mass is 35.5. The molecule has 0 amide bonds. The van der Waals surface area contributed by atoms with Crippen molar-refractivity contribution < 1.29 is 0 Å². The van der Waals surface area contributed by atoms with E-state index in [1.54, 1.807) is 0 Å². The molecule has 3 aromatic carbocycles. The molecule has 27 heavy (non-hydrogen) atoms. The molecular weight excluding hydrogens is 375 g/mol. The smallest absolute Gasteiger partial charge is 0.112 e. The summed E-state index contributed by atoms with van der Waals surface area (Å²) in [5.41, 5.74) is 6.84. The number of benzene rings is 3. The van der Waals surface area contributed by atoms with Crippen LogP contribution < -0.4 is 0 Å². The lowest BCUT2D eigenvalue weighted by molar-refractivity contribution is 0.892. The maximum Gasteiger partial charge on any atom is 0.112 e. The van der Waals surface area contributed by atoms with Gasteiger partial charge in [0.25, 0.3) is 0 Å². The maximum absolute atomic E-state index is 6.88. The van der Waals surface area contributed by atoms with Crippen LogP contribution in [-0.4, -0.2) is 9.78 Å². The minimum atomic E-state index is 0.631. The highest BCUT2D eigenvalue weighted by molar-refractivity contribution is 6.35. The summed E-state index contributed by atoms with van der Waals surface area (Å²) in [7, 11) is 0. The van der Waals surface area contributed by atoms with Crippen LogP contribution >= 0.6 is 23.2 Å². The third-order valence-corrected chi connectivity index (χ3v) is 5.06. The third-order valence-electron chi connectivity index (χ3n) is 4.46. The predicted octanol–water partition coefficient (Wildman–Crippen LogP) is 7.13. The average molecular weight is 393 g/mol. The van der Waals surface area contributed by atoms with Gasteiger partial charge in [0.15, 0.2) is 0 Å². The molecule has 0 spiro atoms. The molecular formula is C23H18Cl2N2. The Labute approximate surface area is 169 Å². The van der Waals surface area contributed by atoms with Crippen molar-refractivity contribution in [3.63, 3.8) is 0 Å². The summed E-state index contributed by atoms with van der Waals surface area (Å²) >= 11 is 13.1. The summed E-state index contributed by atoms with van der Waals surface area (Å²) in [6.45, 7) is 4.13. The fourth-order valence-electron chi connectivity index (χ4n) is 3.21. The predicted molar refractivity (Wildman–Crippen MR) is 114 cm³/mol. The van der Waals surface area contributed by atoms with Crippen LogP contribution in [0.3, 0.4) is 0 Å². The number of hydrogen-bond donors (Lipinski definition) is 0. The number of hydrogen-bond acceptors (Lipinski definition) is 1. The van der Waals surface area contributed by atoms with E-state index in [1.807, 2.05) is 47.1 Å². The standard InChI is InChI=1S/C23H18Cl2N2/c1-15-6-3-8-17(12-15)22-21(25)23(18-9-4-7-16(2)13-18)27(26-22)20-11-5-10-19(24)14-20/h3-14H,1-2H3. The lowest BCUT2D eigenvalue weighted by Gasteiger charge is -2.09. The molecule has 0 bridgehead atoms. The van der Waals surface area contributed by atoms with Crippen LogP contribution in [0.4, 0.5) is 0 Å². The summed E-state index contributed by atoms with van der Waals surface area (Å²) < 4.78 is 1.88. The van der Waals surface area contributed by atoms with Crippen LogP contribution in [0.1, 0.15) is 11.1 Å². The van der Waals surface area contributed by atoms with E-state index in [1.165, 1.54) is 5.56 Å². The van der Waals surface area contributed by atoms with Gasteiger partial charge in [-0.25, -0.2) is 4.68 Å². The molecule has 0 unspecified atom stereocenters. The van der Waals surface area contributed by atoms with E-state index in [-0.39, 0.29) is 0 Å². The number of aromatic nitrogens is 2. The third kappa shape index (κ3) is 3.51. The number of aryl methyl sites for hydroxylation is 2. The SMILES string of the molecule is Cc1cccc(-c2nn(-c3cccc(Cl)c3)c(-c3cccc(C)c3)c2Cl)c1. The van der Waals surface area contributed by atoms with Crippen molar-refractivity contribution in [2.45, 2.75) is 13.8 Å². The van der Waals surface area contributed by atoms with Crippen LogP contribution in [-0.2, 0) is 0 Å². The zero-order chi connectivity index (χ0) is 19.0. The first kappa shape index (κ1) is 17.8. The Kier molecular flexibility index (Phi) is 4.77. The second kappa shape index (κ2) is 7.22. The van der Waals surface area contributed by atoms with E-state index in [9.17, 15) is 0 Å². The topological polar surface area (TPSA) is 17.8 Å². The van der Waals surface area contributed by atoms with Crippen LogP contribution in [0.2, 0.25) is 10.0 Å². The van der Waals surface area contributed by atoms with Crippen molar-refractivity contribution in [3.05, 3.63) is 94.0 Å². The summed E-state index contributed by atoms with van der Waals surface area (Å²) in [5, 5.41) is 6.15. The fraction of sp³-hybridized carbons (Fsp3) is 0.0870. The number of rotatable bonds is 3. The van der Waals surface area contributed by atoms with Gasteiger partial charge in [-0.05, 0) is 44.2 Å². The maximum atomic E-state index is 6.88. The first-order chi connectivity index (χ1) is 13.0. The van der Waals surface area contributed by atoms with Crippen molar-refractivity contribution in [2.24, 2.45) is 0 Å².